The molecule has 6 aromatic rings. The summed E-state index contributed by atoms with van der Waals surface area (Å²) < 4.78 is 0. The lowest BCUT2D eigenvalue weighted by atomic mass is 9.78. The minimum Gasteiger partial charge on any atom is -0.507 e. The first-order chi connectivity index (χ1) is 35.5. The molecule has 6 rings (SSSR count). The Labute approximate surface area is 469 Å². The molecule has 6 aromatic carbocycles. The molecule has 0 bridgehead atoms. The lowest BCUT2D eigenvalue weighted by Crippen LogP contribution is -2.18. The van der Waals surface area contributed by atoms with Gasteiger partial charge in [-0.2, -0.15) is 0 Å². The van der Waals surface area contributed by atoms with Gasteiger partial charge in [0.05, 0.1) is 0 Å². The van der Waals surface area contributed by atoms with Gasteiger partial charge in [0.1, 0.15) is 11.5 Å². The second-order valence-electron chi connectivity index (χ2n) is 27.2. The summed E-state index contributed by atoms with van der Waals surface area (Å²) in [7, 11) is 0. The van der Waals surface area contributed by atoms with E-state index >= 15 is 0 Å². The second-order valence-corrected chi connectivity index (χ2v) is 27.2. The molecule has 0 saturated carbocycles. The molecule has 1 atom stereocenters. The summed E-state index contributed by atoms with van der Waals surface area (Å²) in [6.45, 7) is 38.9. The molecular formula is C71H104N4O2. The molecule has 6 heteroatoms. The topological polar surface area (TPSA) is 88.6 Å². The molecule has 0 heterocycles. The number of phenolic OH excluding ortho intramolecular Hbond substituents is 2. The Morgan fingerprint density at radius 1 is 0.416 bits per heavy atom. The Morgan fingerprint density at radius 3 is 1.23 bits per heavy atom. The lowest BCUT2D eigenvalue weighted by Gasteiger charge is -2.28. The standard InChI is InChI=1S/2C35H50N2O.CH4/c1-24(22-33(2,3)4)19-25-11-13-29(14-12-25)37-30-17-15-28(16-18-30)36-23-26-20-27(34(5,6)7)21-31(32(26)38)35(8,9)10;1-8-9-10-11-12-13-14-26-15-17-29(18-16-26)37-30-21-19-28(20-22-30)36-25-27-23-31(34(2,3)4)33(38)32(24-27)35(5,6)7;/h11-18,20-21,24,36-38H,19,22-23H2,1-10H3;15-24,36-38H,8-14,25H2,1-7H3;1H4. The second kappa shape index (κ2) is 27.6. The van der Waals surface area contributed by atoms with Crippen LogP contribution in [0.2, 0.25) is 0 Å². The molecule has 0 radical (unpaired) electrons. The van der Waals surface area contributed by atoms with Crippen LogP contribution >= 0.6 is 0 Å². The molecule has 420 valence electrons. The Bertz CT molecular complexity index is 2670. The quantitative estimate of drug-likeness (QED) is 0.0427. The van der Waals surface area contributed by atoms with Gasteiger partial charge >= 0.3 is 0 Å². The van der Waals surface area contributed by atoms with Crippen LogP contribution in [-0.2, 0) is 47.6 Å². The number of aryl methyl sites for hydroxylation is 1. The van der Waals surface area contributed by atoms with Gasteiger partial charge in [0.25, 0.3) is 0 Å². The predicted molar refractivity (Wildman–Crippen MR) is 339 cm³/mol. The normalized spacial score (nSPS) is 12.5. The van der Waals surface area contributed by atoms with E-state index in [1.807, 2.05) is 0 Å². The van der Waals surface area contributed by atoms with Gasteiger partial charge in [0.2, 0.25) is 0 Å². The third-order valence-corrected chi connectivity index (χ3v) is 14.2. The van der Waals surface area contributed by atoms with Crippen molar-refractivity contribution in [3.8, 4) is 11.5 Å². The summed E-state index contributed by atoms with van der Waals surface area (Å²) in [6.07, 6.45) is 11.5. The Morgan fingerprint density at radius 2 is 0.805 bits per heavy atom. The molecule has 0 aliphatic rings. The molecule has 0 aliphatic carbocycles. The van der Waals surface area contributed by atoms with E-state index in [1.165, 1.54) is 73.6 Å². The molecule has 0 amide bonds. The lowest BCUT2D eigenvalue weighted by molar-refractivity contribution is 0.306. The first-order valence-electron chi connectivity index (χ1n) is 28.6. The summed E-state index contributed by atoms with van der Waals surface area (Å²) in [5, 5.41) is 36.2. The highest BCUT2D eigenvalue weighted by Gasteiger charge is 2.27. The van der Waals surface area contributed by atoms with E-state index in [0.717, 1.165) is 62.8 Å². The average Bonchev–Trinajstić information content (AvgIpc) is 3.32. The van der Waals surface area contributed by atoms with Crippen molar-refractivity contribution in [1.82, 2.24) is 0 Å². The van der Waals surface area contributed by atoms with Gasteiger partial charge in [-0.05, 0) is 189 Å². The molecule has 0 fully saturated rings. The zero-order chi connectivity index (χ0) is 56.1. The smallest absolute Gasteiger partial charge is 0.124 e. The fourth-order valence-electron chi connectivity index (χ4n) is 9.96. The van der Waals surface area contributed by atoms with E-state index in [4.69, 9.17) is 0 Å². The SMILES string of the molecule is C.CC(Cc1ccc(Nc2ccc(NCc3cc(C(C)(C)C)cc(C(C)(C)C)c3O)cc2)cc1)CC(C)(C)C.CCCCCCCCc1ccc(Nc2ccc(NCc3cc(C(C)(C)C)c(O)c(C(C)(C)C)c3)cc2)cc1. The Kier molecular flexibility index (Phi) is 22.8. The van der Waals surface area contributed by atoms with Crippen molar-refractivity contribution in [3.63, 3.8) is 0 Å². The van der Waals surface area contributed by atoms with Crippen molar-refractivity contribution in [2.24, 2.45) is 11.3 Å². The number of hydrogen-bond acceptors (Lipinski definition) is 6. The van der Waals surface area contributed by atoms with Gasteiger partial charge in [0.15, 0.2) is 0 Å². The highest BCUT2D eigenvalue weighted by molar-refractivity contribution is 5.64. The van der Waals surface area contributed by atoms with Gasteiger partial charge in [-0.3, -0.25) is 0 Å². The number of benzene rings is 6. The van der Waals surface area contributed by atoms with Crippen LogP contribution in [0.15, 0.2) is 121 Å². The molecule has 77 heavy (non-hydrogen) atoms. The highest BCUT2D eigenvalue weighted by Crippen LogP contribution is 2.41. The van der Waals surface area contributed by atoms with Gasteiger partial charge < -0.3 is 31.5 Å². The van der Waals surface area contributed by atoms with Crippen molar-refractivity contribution < 1.29 is 10.2 Å². The van der Waals surface area contributed by atoms with Gasteiger partial charge in [0, 0.05) is 52.8 Å². The van der Waals surface area contributed by atoms with Crippen molar-refractivity contribution in [2.45, 2.75) is 218 Å². The van der Waals surface area contributed by atoms with Gasteiger partial charge in [-0.25, -0.2) is 0 Å². The van der Waals surface area contributed by atoms with Crippen molar-refractivity contribution in [3.05, 3.63) is 166 Å². The summed E-state index contributed by atoms with van der Waals surface area (Å²) in [5.41, 5.74) is 15.6. The molecular weight excluding hydrogens is 941 g/mol. The van der Waals surface area contributed by atoms with Gasteiger partial charge in [-0.1, -0.05) is 188 Å². The number of aromatic hydroxyl groups is 2. The monoisotopic (exact) mass is 1040 g/mol. The van der Waals surface area contributed by atoms with E-state index in [0.29, 0.717) is 35.9 Å². The molecule has 0 spiro atoms. The van der Waals surface area contributed by atoms with E-state index in [1.54, 1.807) is 0 Å². The van der Waals surface area contributed by atoms with Crippen LogP contribution in [0.3, 0.4) is 0 Å². The van der Waals surface area contributed by atoms with Crippen LogP contribution in [0.25, 0.3) is 0 Å². The zero-order valence-corrected chi connectivity index (χ0v) is 50.3. The molecule has 0 aromatic heterocycles. The number of rotatable bonds is 20. The maximum atomic E-state index is 11.1. The van der Waals surface area contributed by atoms with E-state index in [2.05, 4.69) is 260 Å². The minimum atomic E-state index is -0.129. The first-order valence-corrected chi connectivity index (χ1v) is 28.6. The van der Waals surface area contributed by atoms with Crippen LogP contribution in [0.5, 0.6) is 11.5 Å². The summed E-state index contributed by atoms with van der Waals surface area (Å²) in [5.74, 6) is 1.50. The summed E-state index contributed by atoms with van der Waals surface area (Å²) >= 11 is 0. The zero-order valence-electron chi connectivity index (χ0n) is 50.3. The molecule has 0 aliphatic heterocycles. The molecule has 6 nitrogen and oxygen atoms in total. The Balaban J connectivity index is 0.000000328. The number of phenols is 2. The minimum absolute atomic E-state index is 0. The maximum absolute atomic E-state index is 11.1. The largest absolute Gasteiger partial charge is 0.507 e. The van der Waals surface area contributed by atoms with E-state index in [-0.39, 0.29) is 29.1 Å². The van der Waals surface area contributed by atoms with Crippen molar-refractivity contribution in [1.29, 1.82) is 0 Å². The van der Waals surface area contributed by atoms with Crippen molar-refractivity contribution >= 4 is 34.1 Å². The number of unbranched alkanes of at least 4 members (excludes halogenated alkanes) is 5. The first kappa shape index (κ1) is 63.7. The average molecular weight is 1050 g/mol. The predicted octanol–water partition coefficient (Wildman–Crippen LogP) is 20.8. The van der Waals surface area contributed by atoms with Crippen LogP contribution in [-0.4, -0.2) is 10.2 Å². The third kappa shape index (κ3) is 20.8. The molecule has 1 unspecified atom stereocenters. The van der Waals surface area contributed by atoms with Crippen molar-refractivity contribution in [2.75, 3.05) is 21.3 Å². The number of anilines is 6. The van der Waals surface area contributed by atoms with Crippen LogP contribution in [0.1, 0.15) is 215 Å². The van der Waals surface area contributed by atoms with Gasteiger partial charge in [-0.15, -0.1) is 0 Å². The Hall–Kier alpha value is -5.88. The maximum Gasteiger partial charge on any atom is 0.124 e. The fourth-order valence-corrected chi connectivity index (χ4v) is 9.96. The number of hydrogen-bond donors (Lipinski definition) is 6. The third-order valence-electron chi connectivity index (χ3n) is 14.2. The van der Waals surface area contributed by atoms with Crippen LogP contribution in [0, 0.1) is 11.3 Å². The van der Waals surface area contributed by atoms with Crippen LogP contribution in [0.4, 0.5) is 34.1 Å². The molecule has 6 N–H and O–H groups in total. The summed E-state index contributed by atoms with van der Waals surface area (Å²) in [6, 6.07) is 43.1. The highest BCUT2D eigenvalue weighted by atomic mass is 16.3. The summed E-state index contributed by atoms with van der Waals surface area (Å²) in [4.78, 5) is 0. The van der Waals surface area contributed by atoms with E-state index < -0.39 is 0 Å². The van der Waals surface area contributed by atoms with E-state index in [9.17, 15) is 10.2 Å². The van der Waals surface area contributed by atoms with Crippen LogP contribution < -0.4 is 21.3 Å². The fraction of sp³-hybridized carbons (Fsp3) is 0.493. The number of nitrogens with one attached hydrogen (secondary N) is 4. The molecule has 0 saturated heterocycles.